The second-order valence-electron chi connectivity index (χ2n) is 7.91. The monoisotopic (exact) mass is 307 g/mol. The lowest BCUT2D eigenvalue weighted by Gasteiger charge is -2.38. The molecule has 1 amide bonds. The van der Waals surface area contributed by atoms with E-state index in [1.807, 2.05) is 7.05 Å². The number of aliphatic hydroxyl groups excluding tert-OH is 1. The number of aryl methyl sites for hydroxylation is 1. The summed E-state index contributed by atoms with van der Waals surface area (Å²) < 4.78 is 1.69. The predicted molar refractivity (Wildman–Crippen MR) is 86.8 cm³/mol. The van der Waals surface area contributed by atoms with Gasteiger partial charge in [-0.25, -0.2) is 0 Å². The number of aliphatic hydroxyl groups is 1. The lowest BCUT2D eigenvalue weighted by Crippen LogP contribution is -2.45. The third-order valence-electron chi connectivity index (χ3n) is 4.72. The van der Waals surface area contributed by atoms with E-state index >= 15 is 0 Å². The number of rotatable bonds is 3. The molecule has 1 aromatic heterocycles. The van der Waals surface area contributed by atoms with Crippen LogP contribution in [0.2, 0.25) is 0 Å². The minimum absolute atomic E-state index is 0.1000. The maximum absolute atomic E-state index is 12.6. The Hall–Kier alpha value is -1.36. The second kappa shape index (κ2) is 6.03. The Labute approximate surface area is 133 Å². The Balaban J connectivity index is 2.10. The first-order valence-corrected chi connectivity index (χ1v) is 8.14. The molecule has 0 aliphatic heterocycles. The third kappa shape index (κ3) is 3.51. The Bertz CT molecular complexity index is 545. The van der Waals surface area contributed by atoms with Gasteiger partial charge in [0.15, 0.2) is 0 Å². The number of carbonyl (C=O) groups excluding carboxylic acids is 1. The van der Waals surface area contributed by atoms with Crippen molar-refractivity contribution in [2.45, 2.75) is 64.9 Å². The van der Waals surface area contributed by atoms with Crippen molar-refractivity contribution in [1.29, 1.82) is 0 Å². The molecule has 5 nitrogen and oxygen atoms in total. The normalized spacial score (nSPS) is 26.0. The van der Waals surface area contributed by atoms with Crippen LogP contribution in [-0.2, 0) is 12.5 Å². The van der Waals surface area contributed by atoms with Gasteiger partial charge in [-0.15, -0.1) is 0 Å². The first-order valence-electron chi connectivity index (χ1n) is 8.14. The van der Waals surface area contributed by atoms with E-state index in [1.54, 1.807) is 10.9 Å². The second-order valence-corrected chi connectivity index (χ2v) is 7.91. The maximum atomic E-state index is 12.6. The van der Waals surface area contributed by atoms with Gasteiger partial charge in [-0.3, -0.25) is 9.48 Å². The van der Waals surface area contributed by atoms with Gasteiger partial charge in [0.25, 0.3) is 5.91 Å². The Morgan fingerprint density at radius 2 is 2.18 bits per heavy atom. The van der Waals surface area contributed by atoms with Crippen LogP contribution in [0.3, 0.4) is 0 Å². The van der Waals surface area contributed by atoms with Gasteiger partial charge >= 0.3 is 0 Å². The highest BCUT2D eigenvalue weighted by Crippen LogP contribution is 2.35. The standard InChI is InChI=1S/C17H29N3O2/c1-16(2,3)14-12(10-20(5)19-14)15(22)18-11-17(4)9-7-6-8-13(17)21/h10,13,21H,6-9,11H2,1-5H3,(H,18,22). The van der Waals surface area contributed by atoms with E-state index in [-0.39, 0.29) is 22.8 Å². The van der Waals surface area contributed by atoms with E-state index in [1.165, 1.54) is 0 Å². The molecule has 2 N–H and O–H groups in total. The molecule has 0 radical (unpaired) electrons. The van der Waals surface area contributed by atoms with Gasteiger partial charge in [0, 0.05) is 30.6 Å². The van der Waals surface area contributed by atoms with Crippen molar-refractivity contribution >= 4 is 5.91 Å². The molecule has 1 aliphatic carbocycles. The van der Waals surface area contributed by atoms with Gasteiger partial charge in [-0.2, -0.15) is 5.10 Å². The van der Waals surface area contributed by atoms with Crippen molar-refractivity contribution < 1.29 is 9.90 Å². The van der Waals surface area contributed by atoms with Crippen LogP contribution in [0.4, 0.5) is 0 Å². The molecule has 1 aliphatic rings. The maximum Gasteiger partial charge on any atom is 0.254 e. The van der Waals surface area contributed by atoms with Crippen molar-refractivity contribution in [2.24, 2.45) is 12.5 Å². The summed E-state index contributed by atoms with van der Waals surface area (Å²) in [6, 6.07) is 0. The highest BCUT2D eigenvalue weighted by atomic mass is 16.3. The molecule has 2 atom stereocenters. The van der Waals surface area contributed by atoms with Gasteiger partial charge in [-0.1, -0.05) is 40.5 Å². The van der Waals surface area contributed by atoms with Crippen LogP contribution in [0.5, 0.6) is 0 Å². The molecule has 1 heterocycles. The molecule has 2 unspecified atom stereocenters. The number of hydrogen-bond donors (Lipinski definition) is 2. The number of nitrogens with zero attached hydrogens (tertiary/aromatic N) is 2. The summed E-state index contributed by atoms with van der Waals surface area (Å²) in [6.45, 7) is 8.73. The van der Waals surface area contributed by atoms with E-state index in [4.69, 9.17) is 0 Å². The van der Waals surface area contributed by atoms with E-state index in [0.717, 1.165) is 31.4 Å². The topological polar surface area (TPSA) is 67.2 Å². The average Bonchev–Trinajstić information content (AvgIpc) is 2.82. The van der Waals surface area contributed by atoms with Crippen LogP contribution < -0.4 is 5.32 Å². The van der Waals surface area contributed by atoms with Crippen LogP contribution in [0.15, 0.2) is 6.20 Å². The molecule has 2 rings (SSSR count). The molecule has 5 heteroatoms. The summed E-state index contributed by atoms with van der Waals surface area (Å²) in [7, 11) is 1.83. The number of hydrogen-bond acceptors (Lipinski definition) is 3. The highest BCUT2D eigenvalue weighted by Gasteiger charge is 2.36. The SMILES string of the molecule is Cn1cc(C(=O)NCC2(C)CCCCC2O)c(C(C)(C)C)n1. The summed E-state index contributed by atoms with van der Waals surface area (Å²) in [5.74, 6) is -0.1000. The molecule has 22 heavy (non-hydrogen) atoms. The molecular weight excluding hydrogens is 278 g/mol. The largest absolute Gasteiger partial charge is 0.392 e. The highest BCUT2D eigenvalue weighted by molar-refractivity contribution is 5.95. The first-order chi connectivity index (χ1) is 10.1. The minimum Gasteiger partial charge on any atom is -0.392 e. The van der Waals surface area contributed by atoms with Gasteiger partial charge < -0.3 is 10.4 Å². The Kier molecular flexibility index (Phi) is 4.66. The summed E-state index contributed by atoms with van der Waals surface area (Å²) in [5.41, 5.74) is 1.03. The zero-order valence-electron chi connectivity index (χ0n) is 14.4. The minimum atomic E-state index is -0.336. The van der Waals surface area contributed by atoms with Crippen LogP contribution in [0.25, 0.3) is 0 Å². The molecule has 1 saturated carbocycles. The van der Waals surface area contributed by atoms with E-state index in [2.05, 4.69) is 38.1 Å². The van der Waals surface area contributed by atoms with Crippen molar-refractivity contribution in [3.63, 3.8) is 0 Å². The van der Waals surface area contributed by atoms with Crippen molar-refractivity contribution in [3.05, 3.63) is 17.5 Å². The quantitative estimate of drug-likeness (QED) is 0.901. The third-order valence-corrected chi connectivity index (χ3v) is 4.72. The molecule has 0 spiro atoms. The van der Waals surface area contributed by atoms with E-state index < -0.39 is 0 Å². The molecule has 0 bridgehead atoms. The molecule has 1 aromatic rings. The van der Waals surface area contributed by atoms with E-state index in [9.17, 15) is 9.90 Å². The van der Waals surface area contributed by atoms with Crippen LogP contribution in [-0.4, -0.2) is 33.4 Å². The van der Waals surface area contributed by atoms with Crippen molar-refractivity contribution in [3.8, 4) is 0 Å². The average molecular weight is 307 g/mol. The number of aromatic nitrogens is 2. The molecular formula is C17H29N3O2. The lowest BCUT2D eigenvalue weighted by molar-refractivity contribution is 0.00189. The fourth-order valence-electron chi connectivity index (χ4n) is 3.17. The summed E-state index contributed by atoms with van der Waals surface area (Å²) in [6.07, 6.45) is 5.40. The van der Waals surface area contributed by atoms with Crippen LogP contribution in [0, 0.1) is 5.41 Å². The molecule has 0 aromatic carbocycles. The zero-order valence-corrected chi connectivity index (χ0v) is 14.4. The van der Waals surface area contributed by atoms with Crippen molar-refractivity contribution in [1.82, 2.24) is 15.1 Å². The van der Waals surface area contributed by atoms with E-state index in [0.29, 0.717) is 12.1 Å². The summed E-state index contributed by atoms with van der Waals surface area (Å²) in [4.78, 5) is 12.6. The first kappa shape index (κ1) is 17.0. The smallest absolute Gasteiger partial charge is 0.254 e. The Morgan fingerprint density at radius 3 is 2.77 bits per heavy atom. The van der Waals surface area contributed by atoms with Crippen LogP contribution >= 0.6 is 0 Å². The van der Waals surface area contributed by atoms with Gasteiger partial charge in [0.1, 0.15) is 0 Å². The summed E-state index contributed by atoms with van der Waals surface area (Å²) in [5, 5.41) is 17.7. The molecule has 124 valence electrons. The molecule has 0 saturated heterocycles. The molecule has 1 fully saturated rings. The Morgan fingerprint density at radius 1 is 1.50 bits per heavy atom. The summed E-state index contributed by atoms with van der Waals surface area (Å²) >= 11 is 0. The fourth-order valence-corrected chi connectivity index (χ4v) is 3.17. The number of carbonyl (C=O) groups is 1. The van der Waals surface area contributed by atoms with Gasteiger partial charge in [0.2, 0.25) is 0 Å². The number of nitrogens with one attached hydrogen (secondary N) is 1. The zero-order chi connectivity index (χ0) is 16.5. The van der Waals surface area contributed by atoms with Gasteiger partial charge in [0.05, 0.1) is 17.4 Å². The lowest BCUT2D eigenvalue weighted by atomic mass is 9.73. The number of amides is 1. The van der Waals surface area contributed by atoms with Crippen molar-refractivity contribution in [2.75, 3.05) is 6.54 Å². The van der Waals surface area contributed by atoms with Crippen LogP contribution in [0.1, 0.15) is 69.4 Å². The predicted octanol–water partition coefficient (Wildman–Crippen LogP) is 2.39. The van der Waals surface area contributed by atoms with Gasteiger partial charge in [-0.05, 0) is 12.8 Å². The fraction of sp³-hybridized carbons (Fsp3) is 0.765.